The zero-order valence-electron chi connectivity index (χ0n) is 12.5. The predicted molar refractivity (Wildman–Crippen MR) is 76.5 cm³/mol. The van der Waals surface area contributed by atoms with Crippen LogP contribution in [0.15, 0.2) is 0 Å². The number of rotatable bonds is 3. The monoisotopic (exact) mass is 282 g/mol. The second kappa shape index (κ2) is 6.46. The van der Waals surface area contributed by atoms with Gasteiger partial charge in [-0.3, -0.25) is 4.79 Å². The van der Waals surface area contributed by atoms with E-state index in [4.69, 9.17) is 5.11 Å². The van der Waals surface area contributed by atoms with Crippen LogP contribution in [0.5, 0.6) is 0 Å². The highest BCUT2D eigenvalue weighted by Gasteiger charge is 2.36. The smallest absolute Gasteiger partial charge is 0.317 e. The second-order valence-electron chi connectivity index (χ2n) is 6.31. The number of nitrogens with zero attached hydrogens (tertiary/aromatic N) is 1. The van der Waals surface area contributed by atoms with Crippen LogP contribution >= 0.6 is 0 Å². The summed E-state index contributed by atoms with van der Waals surface area (Å²) in [6, 6.07) is -0.0593. The molecule has 2 fully saturated rings. The maximum atomic E-state index is 12.4. The molecule has 0 radical (unpaired) electrons. The molecule has 4 unspecified atom stereocenters. The third kappa shape index (κ3) is 3.25. The van der Waals surface area contributed by atoms with E-state index in [1.807, 2.05) is 4.90 Å². The maximum Gasteiger partial charge on any atom is 0.317 e. The molecule has 5 nitrogen and oxygen atoms in total. The summed E-state index contributed by atoms with van der Waals surface area (Å²) in [6.45, 7) is 4.20. The average Bonchev–Trinajstić information content (AvgIpc) is 2.45. The second-order valence-corrected chi connectivity index (χ2v) is 6.31. The first-order valence-electron chi connectivity index (χ1n) is 7.80. The number of hydrogen-bond donors (Lipinski definition) is 2. The van der Waals surface area contributed by atoms with Crippen molar-refractivity contribution in [2.75, 3.05) is 6.54 Å². The number of fused-ring (bicyclic) bond motifs is 1. The Morgan fingerprint density at radius 2 is 1.80 bits per heavy atom. The molecule has 20 heavy (non-hydrogen) atoms. The predicted octanol–water partition coefficient (Wildman–Crippen LogP) is 2.46. The van der Waals surface area contributed by atoms with Gasteiger partial charge in [0, 0.05) is 18.6 Å². The van der Waals surface area contributed by atoms with Crippen LogP contribution in [0.3, 0.4) is 0 Å². The molecule has 5 heteroatoms. The van der Waals surface area contributed by atoms with Crippen LogP contribution in [-0.4, -0.2) is 40.6 Å². The number of urea groups is 1. The number of piperidine rings is 1. The van der Waals surface area contributed by atoms with E-state index in [9.17, 15) is 9.59 Å². The molecular formula is C15H26N2O3. The van der Waals surface area contributed by atoms with E-state index >= 15 is 0 Å². The third-order valence-electron chi connectivity index (χ3n) is 4.99. The first kappa shape index (κ1) is 15.1. The van der Waals surface area contributed by atoms with E-state index in [2.05, 4.69) is 5.32 Å². The number of aliphatic carboxylic acids is 1. The van der Waals surface area contributed by atoms with Crippen molar-refractivity contribution in [1.82, 2.24) is 10.2 Å². The molecule has 114 valence electrons. The summed E-state index contributed by atoms with van der Waals surface area (Å²) in [7, 11) is 0. The molecule has 2 aliphatic rings. The first-order valence-corrected chi connectivity index (χ1v) is 7.80. The van der Waals surface area contributed by atoms with Crippen LogP contribution in [0.1, 0.15) is 52.4 Å². The van der Waals surface area contributed by atoms with Gasteiger partial charge in [0.1, 0.15) is 0 Å². The van der Waals surface area contributed by atoms with Crippen molar-refractivity contribution in [1.29, 1.82) is 0 Å². The highest BCUT2D eigenvalue weighted by Crippen LogP contribution is 2.35. The van der Waals surface area contributed by atoms with Crippen LogP contribution in [0.2, 0.25) is 0 Å². The third-order valence-corrected chi connectivity index (χ3v) is 4.99. The van der Waals surface area contributed by atoms with Crippen LogP contribution in [0.4, 0.5) is 4.79 Å². The van der Waals surface area contributed by atoms with Crippen LogP contribution in [0, 0.1) is 11.8 Å². The van der Waals surface area contributed by atoms with E-state index in [0.29, 0.717) is 12.0 Å². The van der Waals surface area contributed by atoms with E-state index in [1.165, 1.54) is 25.7 Å². The van der Waals surface area contributed by atoms with E-state index in [0.717, 1.165) is 19.4 Å². The molecule has 2 rings (SSSR count). The molecule has 1 aliphatic carbocycles. The molecule has 0 aromatic carbocycles. The van der Waals surface area contributed by atoms with E-state index in [1.54, 1.807) is 13.8 Å². The van der Waals surface area contributed by atoms with Gasteiger partial charge in [-0.2, -0.15) is 0 Å². The lowest BCUT2D eigenvalue weighted by Crippen LogP contribution is -2.55. The highest BCUT2D eigenvalue weighted by molar-refractivity contribution is 5.77. The molecular weight excluding hydrogens is 256 g/mol. The fraction of sp³-hybridized carbons (Fsp3) is 0.867. The standard InChI is InChI=1S/C15H26N2O3/c1-10(14(18)19)11(2)16-15(20)17-9-5-7-12-6-3-4-8-13(12)17/h10-13H,3-9H2,1-2H3,(H,16,20)(H,18,19). The van der Waals surface area contributed by atoms with Crippen molar-refractivity contribution in [2.24, 2.45) is 11.8 Å². The van der Waals surface area contributed by atoms with Gasteiger partial charge in [0.2, 0.25) is 0 Å². The number of carbonyl (C=O) groups is 2. The Kier molecular flexibility index (Phi) is 4.89. The van der Waals surface area contributed by atoms with Crippen molar-refractivity contribution >= 4 is 12.0 Å². The number of nitrogens with one attached hydrogen (secondary N) is 1. The Labute approximate surface area is 120 Å². The van der Waals surface area contributed by atoms with Crippen molar-refractivity contribution in [3.8, 4) is 0 Å². The molecule has 1 saturated heterocycles. The van der Waals surface area contributed by atoms with Crippen molar-refractivity contribution in [3.05, 3.63) is 0 Å². The lowest BCUT2D eigenvalue weighted by atomic mass is 9.78. The number of carbonyl (C=O) groups excluding carboxylic acids is 1. The van der Waals surface area contributed by atoms with Crippen LogP contribution < -0.4 is 5.32 Å². The topological polar surface area (TPSA) is 69.6 Å². The van der Waals surface area contributed by atoms with Gasteiger partial charge in [0.05, 0.1) is 5.92 Å². The molecule has 0 spiro atoms. The zero-order valence-corrected chi connectivity index (χ0v) is 12.5. The Bertz CT molecular complexity index is 370. The fourth-order valence-electron chi connectivity index (χ4n) is 3.49. The van der Waals surface area contributed by atoms with Crippen molar-refractivity contribution in [2.45, 2.75) is 64.5 Å². The summed E-state index contributed by atoms with van der Waals surface area (Å²) in [5, 5.41) is 11.9. The van der Waals surface area contributed by atoms with Gasteiger partial charge in [0.15, 0.2) is 0 Å². The molecule has 2 amide bonds. The molecule has 1 heterocycles. The molecule has 0 bridgehead atoms. The van der Waals surface area contributed by atoms with E-state index in [-0.39, 0.29) is 12.1 Å². The van der Waals surface area contributed by atoms with Gasteiger partial charge in [-0.15, -0.1) is 0 Å². The summed E-state index contributed by atoms with van der Waals surface area (Å²) in [6.07, 6.45) is 7.11. The average molecular weight is 282 g/mol. The molecule has 0 aromatic rings. The largest absolute Gasteiger partial charge is 0.481 e. The van der Waals surface area contributed by atoms with Gasteiger partial charge in [-0.25, -0.2) is 4.79 Å². The number of carboxylic acid groups (broad SMARTS) is 1. The summed E-state index contributed by atoms with van der Waals surface area (Å²) >= 11 is 0. The number of hydrogen-bond acceptors (Lipinski definition) is 2. The van der Waals surface area contributed by atoms with Gasteiger partial charge >= 0.3 is 12.0 Å². The summed E-state index contributed by atoms with van der Waals surface area (Å²) in [5.74, 6) is -0.784. The van der Waals surface area contributed by atoms with Gasteiger partial charge in [-0.05, 0) is 45.4 Å². The zero-order chi connectivity index (χ0) is 14.7. The fourth-order valence-corrected chi connectivity index (χ4v) is 3.49. The van der Waals surface area contributed by atoms with Crippen LogP contribution in [0.25, 0.3) is 0 Å². The first-order chi connectivity index (χ1) is 9.50. The summed E-state index contributed by atoms with van der Waals surface area (Å²) in [4.78, 5) is 25.3. The quantitative estimate of drug-likeness (QED) is 0.835. The van der Waals surface area contributed by atoms with Crippen LogP contribution in [-0.2, 0) is 4.79 Å². The van der Waals surface area contributed by atoms with E-state index < -0.39 is 11.9 Å². The van der Waals surface area contributed by atoms with Gasteiger partial charge in [-0.1, -0.05) is 12.8 Å². The molecule has 1 saturated carbocycles. The summed E-state index contributed by atoms with van der Waals surface area (Å²) in [5.41, 5.74) is 0. The Hall–Kier alpha value is -1.26. The maximum absolute atomic E-state index is 12.4. The lowest BCUT2D eigenvalue weighted by molar-refractivity contribution is -0.141. The minimum absolute atomic E-state index is 0.0813. The lowest BCUT2D eigenvalue weighted by Gasteiger charge is -2.44. The normalized spacial score (nSPS) is 29.2. The SMILES string of the molecule is CC(NC(=O)N1CCCC2CCCCC21)C(C)C(=O)O. The minimum atomic E-state index is -0.869. The molecule has 1 aliphatic heterocycles. The molecule has 2 N–H and O–H groups in total. The molecule has 0 aromatic heterocycles. The number of carboxylic acids is 1. The summed E-state index contributed by atoms with van der Waals surface area (Å²) < 4.78 is 0. The Balaban J connectivity index is 1.95. The number of amides is 2. The van der Waals surface area contributed by atoms with Gasteiger partial charge in [0.25, 0.3) is 0 Å². The number of likely N-dealkylation sites (tertiary alicyclic amines) is 1. The van der Waals surface area contributed by atoms with Crippen molar-refractivity contribution in [3.63, 3.8) is 0 Å². The Morgan fingerprint density at radius 3 is 2.50 bits per heavy atom. The van der Waals surface area contributed by atoms with Crippen molar-refractivity contribution < 1.29 is 14.7 Å². The molecule has 4 atom stereocenters. The minimum Gasteiger partial charge on any atom is -0.481 e. The highest BCUT2D eigenvalue weighted by atomic mass is 16.4. The van der Waals surface area contributed by atoms with Gasteiger partial charge < -0.3 is 15.3 Å². The Morgan fingerprint density at radius 1 is 1.15 bits per heavy atom.